The Hall–Kier alpha value is -2.54. The minimum absolute atomic E-state index is 0.0901. The van der Waals surface area contributed by atoms with Gasteiger partial charge in [0.1, 0.15) is 0 Å². The van der Waals surface area contributed by atoms with Crippen LogP contribution in [0.25, 0.3) is 0 Å². The van der Waals surface area contributed by atoms with Gasteiger partial charge in [-0.25, -0.2) is 4.98 Å². The van der Waals surface area contributed by atoms with Crippen LogP contribution in [-0.4, -0.2) is 18.1 Å². The Morgan fingerprint density at radius 3 is 2.50 bits per heavy atom. The second-order valence-electron chi connectivity index (χ2n) is 4.71. The lowest BCUT2D eigenvalue weighted by Gasteiger charge is -2.22. The first kappa shape index (κ1) is 13.9. The van der Waals surface area contributed by atoms with E-state index in [1.807, 2.05) is 50.1 Å². The van der Waals surface area contributed by atoms with Gasteiger partial charge in [0.15, 0.2) is 11.6 Å². The molecule has 4 heteroatoms. The Balaban J connectivity index is 2.32. The zero-order valence-corrected chi connectivity index (χ0v) is 11.9. The highest BCUT2D eigenvalue weighted by Gasteiger charge is 2.12. The van der Waals surface area contributed by atoms with Crippen LogP contribution in [0, 0.1) is 11.3 Å². The van der Waals surface area contributed by atoms with Crippen LogP contribution < -0.4 is 9.64 Å². The van der Waals surface area contributed by atoms with E-state index in [0.717, 1.165) is 17.3 Å². The van der Waals surface area contributed by atoms with Crippen LogP contribution >= 0.6 is 0 Å². The molecule has 0 saturated heterocycles. The third kappa shape index (κ3) is 3.07. The minimum Gasteiger partial charge on any atom is -0.487 e. The molecule has 1 heterocycles. The Morgan fingerprint density at radius 2 is 1.90 bits per heavy atom. The van der Waals surface area contributed by atoms with Crippen LogP contribution in [0.3, 0.4) is 0 Å². The monoisotopic (exact) mass is 267 g/mol. The molecule has 1 aromatic carbocycles. The largest absolute Gasteiger partial charge is 0.487 e. The fourth-order valence-electron chi connectivity index (χ4n) is 1.86. The molecule has 20 heavy (non-hydrogen) atoms. The summed E-state index contributed by atoms with van der Waals surface area (Å²) in [5.74, 6) is 1.50. The van der Waals surface area contributed by atoms with Crippen LogP contribution in [0.15, 0.2) is 42.6 Å². The van der Waals surface area contributed by atoms with Crippen LogP contribution in [0.1, 0.15) is 19.4 Å². The summed E-state index contributed by atoms with van der Waals surface area (Å²) in [6, 6.07) is 13.2. The van der Waals surface area contributed by atoms with Crippen molar-refractivity contribution in [2.75, 3.05) is 11.9 Å². The third-order valence-corrected chi connectivity index (χ3v) is 2.81. The average molecular weight is 267 g/mol. The Labute approximate surface area is 119 Å². The fourth-order valence-corrected chi connectivity index (χ4v) is 1.86. The number of nitriles is 1. The smallest absolute Gasteiger partial charge is 0.175 e. The molecule has 2 aromatic rings. The van der Waals surface area contributed by atoms with Crippen molar-refractivity contribution in [2.45, 2.75) is 20.0 Å². The highest BCUT2D eigenvalue weighted by molar-refractivity contribution is 5.65. The molecule has 0 unspecified atom stereocenters. The molecular formula is C16H17N3O. The standard InChI is InChI=1S/C16H17N3O/c1-12(2)20-15-5-4-10-18-16(15)19(3)14-8-6-13(11-17)7-9-14/h4-10,12H,1-3H3. The van der Waals surface area contributed by atoms with Crippen molar-refractivity contribution in [2.24, 2.45) is 0 Å². The summed E-state index contributed by atoms with van der Waals surface area (Å²) in [4.78, 5) is 6.33. The van der Waals surface area contributed by atoms with Gasteiger partial charge in [0.2, 0.25) is 0 Å². The van der Waals surface area contributed by atoms with Crippen LogP contribution in [0.4, 0.5) is 11.5 Å². The molecular weight excluding hydrogens is 250 g/mol. The van der Waals surface area contributed by atoms with E-state index in [1.165, 1.54) is 0 Å². The predicted octanol–water partition coefficient (Wildman–Crippen LogP) is 3.51. The van der Waals surface area contributed by atoms with Gasteiger partial charge in [0, 0.05) is 18.9 Å². The summed E-state index contributed by atoms with van der Waals surface area (Å²) in [6.45, 7) is 3.97. The topological polar surface area (TPSA) is 49.1 Å². The lowest BCUT2D eigenvalue weighted by Crippen LogP contribution is -2.15. The summed E-state index contributed by atoms with van der Waals surface area (Å²) >= 11 is 0. The van der Waals surface area contributed by atoms with Gasteiger partial charge >= 0.3 is 0 Å². The summed E-state index contributed by atoms with van der Waals surface area (Å²) < 4.78 is 5.78. The second-order valence-corrected chi connectivity index (χ2v) is 4.71. The summed E-state index contributed by atoms with van der Waals surface area (Å²) in [5.41, 5.74) is 1.60. The number of nitrogens with zero attached hydrogens (tertiary/aromatic N) is 3. The van der Waals surface area contributed by atoms with Crippen molar-refractivity contribution in [1.29, 1.82) is 5.26 Å². The Bertz CT molecular complexity index is 614. The van der Waals surface area contributed by atoms with E-state index in [2.05, 4.69) is 11.1 Å². The van der Waals surface area contributed by atoms with Crippen molar-refractivity contribution < 1.29 is 4.74 Å². The average Bonchev–Trinajstić information content (AvgIpc) is 2.46. The van der Waals surface area contributed by atoms with E-state index < -0.39 is 0 Å². The number of rotatable bonds is 4. The molecule has 0 bridgehead atoms. The van der Waals surface area contributed by atoms with Gasteiger partial charge in [0.25, 0.3) is 0 Å². The number of anilines is 2. The first-order valence-electron chi connectivity index (χ1n) is 6.47. The van der Waals surface area contributed by atoms with Crippen molar-refractivity contribution in [3.63, 3.8) is 0 Å². The quantitative estimate of drug-likeness (QED) is 0.850. The molecule has 0 aliphatic carbocycles. The van der Waals surface area contributed by atoms with E-state index in [-0.39, 0.29) is 6.10 Å². The first-order chi connectivity index (χ1) is 9.61. The Kier molecular flexibility index (Phi) is 4.21. The zero-order valence-electron chi connectivity index (χ0n) is 11.9. The summed E-state index contributed by atoms with van der Waals surface area (Å²) in [5, 5.41) is 8.83. The number of hydrogen-bond donors (Lipinski definition) is 0. The van der Waals surface area contributed by atoms with E-state index >= 15 is 0 Å². The summed E-state index contributed by atoms with van der Waals surface area (Å²) in [7, 11) is 1.93. The highest BCUT2D eigenvalue weighted by Crippen LogP contribution is 2.30. The molecule has 4 nitrogen and oxygen atoms in total. The zero-order chi connectivity index (χ0) is 14.5. The highest BCUT2D eigenvalue weighted by atomic mass is 16.5. The predicted molar refractivity (Wildman–Crippen MR) is 79.2 cm³/mol. The molecule has 0 fully saturated rings. The molecule has 0 radical (unpaired) electrons. The fraction of sp³-hybridized carbons (Fsp3) is 0.250. The van der Waals surface area contributed by atoms with Crippen molar-refractivity contribution in [3.8, 4) is 11.8 Å². The van der Waals surface area contributed by atoms with Gasteiger partial charge < -0.3 is 9.64 Å². The van der Waals surface area contributed by atoms with Gasteiger partial charge in [-0.05, 0) is 50.2 Å². The van der Waals surface area contributed by atoms with Crippen LogP contribution in [0.2, 0.25) is 0 Å². The van der Waals surface area contributed by atoms with E-state index in [1.54, 1.807) is 18.3 Å². The molecule has 0 amide bonds. The Morgan fingerprint density at radius 1 is 1.20 bits per heavy atom. The van der Waals surface area contributed by atoms with Crippen molar-refractivity contribution in [1.82, 2.24) is 4.98 Å². The SMILES string of the molecule is CC(C)Oc1cccnc1N(C)c1ccc(C#N)cc1. The molecule has 0 aliphatic heterocycles. The molecule has 0 spiro atoms. The number of ether oxygens (including phenoxy) is 1. The number of benzene rings is 1. The van der Waals surface area contributed by atoms with E-state index in [4.69, 9.17) is 10.00 Å². The maximum atomic E-state index is 8.83. The third-order valence-electron chi connectivity index (χ3n) is 2.81. The van der Waals surface area contributed by atoms with Gasteiger partial charge in [-0.2, -0.15) is 5.26 Å². The molecule has 2 rings (SSSR count). The molecule has 0 aliphatic rings. The van der Waals surface area contributed by atoms with Gasteiger partial charge in [-0.3, -0.25) is 0 Å². The van der Waals surface area contributed by atoms with E-state index in [0.29, 0.717) is 5.56 Å². The molecule has 102 valence electrons. The van der Waals surface area contributed by atoms with Crippen molar-refractivity contribution in [3.05, 3.63) is 48.2 Å². The molecule has 0 N–H and O–H groups in total. The van der Waals surface area contributed by atoms with Gasteiger partial charge in [-0.15, -0.1) is 0 Å². The number of aromatic nitrogens is 1. The van der Waals surface area contributed by atoms with Gasteiger partial charge in [-0.1, -0.05) is 0 Å². The summed E-state index contributed by atoms with van der Waals surface area (Å²) in [6.07, 6.45) is 1.83. The number of hydrogen-bond acceptors (Lipinski definition) is 4. The molecule has 0 saturated carbocycles. The lowest BCUT2D eigenvalue weighted by atomic mass is 10.2. The maximum Gasteiger partial charge on any atom is 0.175 e. The molecule has 0 atom stereocenters. The maximum absolute atomic E-state index is 8.83. The lowest BCUT2D eigenvalue weighted by molar-refractivity contribution is 0.242. The second kappa shape index (κ2) is 6.07. The van der Waals surface area contributed by atoms with Crippen molar-refractivity contribution >= 4 is 11.5 Å². The number of pyridine rings is 1. The minimum atomic E-state index is 0.0901. The normalized spacial score (nSPS) is 10.2. The van der Waals surface area contributed by atoms with E-state index in [9.17, 15) is 0 Å². The molecule has 1 aromatic heterocycles. The van der Waals surface area contributed by atoms with Crippen LogP contribution in [-0.2, 0) is 0 Å². The van der Waals surface area contributed by atoms with Crippen LogP contribution in [0.5, 0.6) is 5.75 Å². The first-order valence-corrected chi connectivity index (χ1v) is 6.47. The van der Waals surface area contributed by atoms with Gasteiger partial charge in [0.05, 0.1) is 17.7 Å².